The van der Waals surface area contributed by atoms with E-state index in [9.17, 15) is 4.79 Å². The lowest BCUT2D eigenvalue weighted by Gasteiger charge is -2.06. The summed E-state index contributed by atoms with van der Waals surface area (Å²) >= 11 is 11.0. The molecule has 3 nitrogen and oxygen atoms in total. The predicted octanol–water partition coefficient (Wildman–Crippen LogP) is 3.62. The predicted molar refractivity (Wildman–Crippen MR) is 59.4 cm³/mol. The Morgan fingerprint density at radius 1 is 1.60 bits per heavy atom. The smallest absolute Gasteiger partial charge is 0.240 e. The minimum Gasteiger partial charge on any atom is -0.444 e. The van der Waals surface area contributed by atoms with Gasteiger partial charge in [-0.2, -0.15) is 4.99 Å². The Morgan fingerprint density at radius 3 is 2.93 bits per heavy atom. The molecular formula is C10H7Cl2NO2. The zero-order valence-corrected chi connectivity index (χ0v) is 9.34. The Bertz CT molecular complexity index is 437. The summed E-state index contributed by atoms with van der Waals surface area (Å²) in [6, 6.07) is 5.00. The fourth-order valence-corrected chi connectivity index (χ4v) is 1.08. The van der Waals surface area contributed by atoms with Crippen molar-refractivity contribution < 1.29 is 9.53 Å². The zero-order chi connectivity index (χ0) is 11.3. The van der Waals surface area contributed by atoms with E-state index in [1.165, 1.54) is 6.08 Å². The summed E-state index contributed by atoms with van der Waals surface area (Å²) < 4.78 is 5.19. The van der Waals surface area contributed by atoms with Crippen molar-refractivity contribution in [2.24, 2.45) is 4.99 Å². The third-order valence-electron chi connectivity index (χ3n) is 1.64. The van der Waals surface area contributed by atoms with Crippen molar-refractivity contribution in [3.8, 4) is 5.75 Å². The number of rotatable bonds is 3. The molecule has 0 heterocycles. The number of ether oxygens (including phenoxy) is 1. The Labute approximate surface area is 97.0 Å². The molecule has 78 valence electrons. The average molecular weight is 244 g/mol. The molecule has 0 aliphatic rings. The van der Waals surface area contributed by atoms with Crippen LogP contribution in [0.4, 0.5) is 5.69 Å². The van der Waals surface area contributed by atoms with E-state index in [-0.39, 0.29) is 5.22 Å². The van der Waals surface area contributed by atoms with Gasteiger partial charge in [0.25, 0.3) is 0 Å². The van der Waals surface area contributed by atoms with Crippen molar-refractivity contribution in [3.05, 3.63) is 34.5 Å². The molecule has 0 atom stereocenters. The van der Waals surface area contributed by atoms with Gasteiger partial charge in [-0.15, -0.1) is 0 Å². The molecule has 0 saturated heterocycles. The molecular weight excluding hydrogens is 237 g/mol. The van der Waals surface area contributed by atoms with Gasteiger partial charge in [0.2, 0.25) is 11.3 Å². The zero-order valence-electron chi connectivity index (χ0n) is 7.83. The number of halogens is 2. The van der Waals surface area contributed by atoms with Gasteiger partial charge in [-0.3, -0.25) is 0 Å². The molecule has 1 rings (SSSR count). The average Bonchev–Trinajstić information content (AvgIpc) is 2.23. The first-order chi connectivity index (χ1) is 7.17. The van der Waals surface area contributed by atoms with E-state index in [1.807, 2.05) is 6.92 Å². The van der Waals surface area contributed by atoms with Crippen LogP contribution in [-0.4, -0.2) is 6.08 Å². The number of aliphatic imine (C=N–C) groups is 1. The first-order valence-electron chi connectivity index (χ1n) is 3.99. The van der Waals surface area contributed by atoms with E-state index >= 15 is 0 Å². The van der Waals surface area contributed by atoms with Gasteiger partial charge in [0.15, 0.2) is 0 Å². The van der Waals surface area contributed by atoms with E-state index in [0.717, 1.165) is 11.1 Å². The lowest BCUT2D eigenvalue weighted by Crippen LogP contribution is -1.89. The van der Waals surface area contributed by atoms with Gasteiger partial charge in [-0.1, -0.05) is 17.7 Å². The maximum Gasteiger partial charge on any atom is 0.240 e. The highest BCUT2D eigenvalue weighted by molar-refractivity contribution is 6.35. The number of benzene rings is 1. The SMILES string of the molecule is Cc1ccc(N=C=O)cc1OC(Cl)=CCl. The van der Waals surface area contributed by atoms with Crippen molar-refractivity contribution in [2.75, 3.05) is 0 Å². The summed E-state index contributed by atoms with van der Waals surface area (Å²) in [7, 11) is 0. The molecule has 0 unspecified atom stereocenters. The summed E-state index contributed by atoms with van der Waals surface area (Å²) in [5.41, 5.74) is 2.41. The Balaban J connectivity index is 3.05. The van der Waals surface area contributed by atoms with E-state index < -0.39 is 0 Å². The largest absolute Gasteiger partial charge is 0.444 e. The third kappa shape index (κ3) is 3.40. The van der Waals surface area contributed by atoms with E-state index in [2.05, 4.69) is 4.99 Å². The Hall–Kier alpha value is -1.28. The van der Waals surface area contributed by atoms with Gasteiger partial charge in [-0.05, 0) is 30.2 Å². The van der Waals surface area contributed by atoms with E-state index in [0.29, 0.717) is 11.4 Å². The minimum absolute atomic E-state index is 0.0481. The van der Waals surface area contributed by atoms with Crippen LogP contribution < -0.4 is 4.74 Å². The van der Waals surface area contributed by atoms with Gasteiger partial charge in [-0.25, -0.2) is 4.79 Å². The molecule has 0 saturated carbocycles. The van der Waals surface area contributed by atoms with Gasteiger partial charge >= 0.3 is 0 Å². The molecule has 0 aliphatic heterocycles. The van der Waals surface area contributed by atoms with Crippen LogP contribution in [0.25, 0.3) is 0 Å². The first-order valence-corrected chi connectivity index (χ1v) is 4.81. The van der Waals surface area contributed by atoms with Crippen molar-refractivity contribution >= 4 is 35.0 Å². The molecule has 0 radical (unpaired) electrons. The summed E-state index contributed by atoms with van der Waals surface area (Å²) in [5.74, 6) is 0.494. The van der Waals surface area contributed by atoms with Crippen LogP contribution in [0, 0.1) is 6.92 Å². The second-order valence-electron chi connectivity index (χ2n) is 2.67. The molecule has 0 fully saturated rings. The summed E-state index contributed by atoms with van der Waals surface area (Å²) in [4.78, 5) is 13.5. The van der Waals surface area contributed by atoms with Crippen LogP contribution in [0.15, 0.2) is 33.9 Å². The normalized spacial score (nSPS) is 10.7. The summed E-state index contributed by atoms with van der Waals surface area (Å²) in [6.45, 7) is 1.84. The molecule has 0 bridgehead atoms. The molecule has 0 spiro atoms. The molecule has 0 aliphatic carbocycles. The van der Waals surface area contributed by atoms with Crippen LogP contribution >= 0.6 is 23.2 Å². The standard InChI is InChI=1S/C10H7Cl2NO2/c1-7-2-3-8(13-6-14)4-9(7)15-10(12)5-11/h2-5H,1H3. The molecule has 5 heteroatoms. The number of hydrogen-bond donors (Lipinski definition) is 0. The van der Waals surface area contributed by atoms with Gasteiger partial charge in [0.1, 0.15) is 5.75 Å². The quantitative estimate of drug-likeness (QED) is 0.462. The molecule has 1 aromatic carbocycles. The second-order valence-corrected chi connectivity index (χ2v) is 3.26. The maximum absolute atomic E-state index is 10.1. The number of isocyanates is 1. The molecule has 15 heavy (non-hydrogen) atoms. The lowest BCUT2D eigenvalue weighted by atomic mass is 10.2. The number of carbonyl (C=O) groups excluding carboxylic acids is 1. The van der Waals surface area contributed by atoms with Crippen molar-refractivity contribution in [1.82, 2.24) is 0 Å². The number of aryl methyl sites for hydroxylation is 1. The van der Waals surface area contributed by atoms with Crippen molar-refractivity contribution in [1.29, 1.82) is 0 Å². The number of hydrogen-bond acceptors (Lipinski definition) is 3. The molecule has 0 amide bonds. The molecule has 0 aromatic heterocycles. The summed E-state index contributed by atoms with van der Waals surface area (Å²) in [5, 5.41) is 0.0481. The highest BCUT2D eigenvalue weighted by Crippen LogP contribution is 2.26. The van der Waals surface area contributed by atoms with Crippen molar-refractivity contribution in [3.63, 3.8) is 0 Å². The van der Waals surface area contributed by atoms with Crippen LogP contribution in [0.3, 0.4) is 0 Å². The monoisotopic (exact) mass is 243 g/mol. The van der Waals surface area contributed by atoms with Crippen LogP contribution in [0.2, 0.25) is 0 Å². The first kappa shape index (κ1) is 11.8. The van der Waals surface area contributed by atoms with Gasteiger partial charge < -0.3 is 4.74 Å². The van der Waals surface area contributed by atoms with Crippen LogP contribution in [0.1, 0.15) is 5.56 Å². The topological polar surface area (TPSA) is 38.7 Å². The lowest BCUT2D eigenvalue weighted by molar-refractivity contribution is 0.460. The fourth-order valence-electron chi connectivity index (χ4n) is 0.948. The third-order valence-corrected chi connectivity index (χ3v) is 2.14. The Kier molecular flexibility index (Phi) is 4.37. The highest BCUT2D eigenvalue weighted by Gasteiger charge is 2.03. The van der Waals surface area contributed by atoms with Crippen molar-refractivity contribution in [2.45, 2.75) is 6.92 Å². The molecule has 1 aromatic rings. The van der Waals surface area contributed by atoms with Gasteiger partial charge in [0.05, 0.1) is 11.2 Å². The van der Waals surface area contributed by atoms with Gasteiger partial charge in [0, 0.05) is 6.07 Å². The van der Waals surface area contributed by atoms with Crippen LogP contribution in [0.5, 0.6) is 5.75 Å². The highest BCUT2D eigenvalue weighted by atomic mass is 35.5. The summed E-state index contributed by atoms with van der Waals surface area (Å²) in [6.07, 6.45) is 1.44. The maximum atomic E-state index is 10.1. The molecule has 0 N–H and O–H groups in total. The number of nitrogens with zero attached hydrogens (tertiary/aromatic N) is 1. The van der Waals surface area contributed by atoms with E-state index in [4.69, 9.17) is 27.9 Å². The Morgan fingerprint density at radius 2 is 2.33 bits per heavy atom. The fraction of sp³-hybridized carbons (Fsp3) is 0.100. The van der Waals surface area contributed by atoms with E-state index in [1.54, 1.807) is 18.2 Å². The minimum atomic E-state index is 0.0481. The second kappa shape index (κ2) is 5.56. The van der Waals surface area contributed by atoms with Crippen LogP contribution in [-0.2, 0) is 4.79 Å².